The van der Waals surface area contributed by atoms with Crippen molar-refractivity contribution in [2.45, 2.75) is 39.8 Å². The first-order valence-corrected chi connectivity index (χ1v) is 6.07. The maximum atomic E-state index is 12.5. The molecule has 0 bridgehead atoms. The number of benzene rings is 1. The third-order valence-electron chi connectivity index (χ3n) is 2.77. The molecule has 0 radical (unpaired) electrons. The molecule has 0 heterocycles. The van der Waals surface area contributed by atoms with Crippen LogP contribution in [0.15, 0.2) is 24.3 Å². The van der Waals surface area contributed by atoms with Gasteiger partial charge in [-0.15, -0.1) is 0 Å². The molecule has 0 aliphatic heterocycles. The van der Waals surface area contributed by atoms with Crippen molar-refractivity contribution in [2.75, 3.05) is 0 Å². The van der Waals surface area contributed by atoms with E-state index in [1.165, 1.54) is 0 Å². The summed E-state index contributed by atoms with van der Waals surface area (Å²) in [5, 5.41) is 0. The molecule has 2 amide bonds. The Balaban J connectivity index is 3.21. The predicted octanol–water partition coefficient (Wildman–Crippen LogP) is 2.04. The fourth-order valence-electron chi connectivity index (χ4n) is 2.09. The van der Waals surface area contributed by atoms with Gasteiger partial charge in [0.1, 0.15) is 0 Å². The van der Waals surface area contributed by atoms with E-state index >= 15 is 0 Å². The molecule has 4 nitrogen and oxygen atoms in total. The van der Waals surface area contributed by atoms with Gasteiger partial charge in [-0.25, -0.2) is 0 Å². The molecule has 1 aromatic rings. The summed E-state index contributed by atoms with van der Waals surface area (Å²) in [4.78, 5) is 25.5. The number of carbonyl (C=O) groups excluding carboxylic acids is 2. The Morgan fingerprint density at radius 3 is 1.83 bits per heavy atom. The van der Waals surface area contributed by atoms with E-state index in [9.17, 15) is 9.59 Å². The Kier molecular flexibility index (Phi) is 4.48. The number of hydrogen-bond acceptors (Lipinski definition) is 2. The van der Waals surface area contributed by atoms with Crippen LogP contribution in [0.1, 0.15) is 48.4 Å². The molecule has 0 unspecified atom stereocenters. The van der Waals surface area contributed by atoms with Crippen LogP contribution in [-0.4, -0.2) is 28.8 Å². The lowest BCUT2D eigenvalue weighted by Crippen LogP contribution is -2.42. The van der Waals surface area contributed by atoms with E-state index in [1.54, 1.807) is 29.2 Å². The maximum Gasteiger partial charge on any atom is 0.255 e. The molecule has 18 heavy (non-hydrogen) atoms. The van der Waals surface area contributed by atoms with Crippen molar-refractivity contribution in [1.82, 2.24) is 4.90 Å². The van der Waals surface area contributed by atoms with Gasteiger partial charge in [0.25, 0.3) is 5.91 Å². The van der Waals surface area contributed by atoms with E-state index in [0.29, 0.717) is 5.56 Å². The van der Waals surface area contributed by atoms with Crippen molar-refractivity contribution in [1.29, 1.82) is 0 Å². The second-order valence-electron chi connectivity index (χ2n) is 4.81. The van der Waals surface area contributed by atoms with Gasteiger partial charge >= 0.3 is 0 Å². The standard InChI is InChI=1S/C14H20N2O2/c1-9(2)16(10(3)4)14(18)12-8-6-5-7-11(12)13(15)17/h5-10H,1-4H3,(H2,15,17). The highest BCUT2D eigenvalue weighted by Gasteiger charge is 2.24. The minimum Gasteiger partial charge on any atom is -0.366 e. The van der Waals surface area contributed by atoms with Crippen molar-refractivity contribution in [3.05, 3.63) is 35.4 Å². The van der Waals surface area contributed by atoms with Crippen LogP contribution in [0, 0.1) is 0 Å². The summed E-state index contributed by atoms with van der Waals surface area (Å²) in [6, 6.07) is 6.79. The average molecular weight is 248 g/mol. The molecule has 4 heteroatoms. The molecule has 0 atom stereocenters. The number of nitrogens with two attached hydrogens (primary N) is 1. The van der Waals surface area contributed by atoms with Crippen LogP contribution < -0.4 is 5.73 Å². The lowest BCUT2D eigenvalue weighted by atomic mass is 10.0. The number of carbonyl (C=O) groups is 2. The number of rotatable bonds is 4. The van der Waals surface area contributed by atoms with Gasteiger partial charge in [-0.05, 0) is 39.8 Å². The lowest BCUT2D eigenvalue weighted by Gasteiger charge is -2.31. The van der Waals surface area contributed by atoms with E-state index in [2.05, 4.69) is 0 Å². The minimum atomic E-state index is -0.577. The Morgan fingerprint density at radius 1 is 1.00 bits per heavy atom. The predicted molar refractivity (Wildman–Crippen MR) is 71.4 cm³/mol. The minimum absolute atomic E-state index is 0.0680. The topological polar surface area (TPSA) is 63.4 Å². The number of hydrogen-bond donors (Lipinski definition) is 1. The fraction of sp³-hybridized carbons (Fsp3) is 0.429. The van der Waals surface area contributed by atoms with Crippen LogP contribution in [-0.2, 0) is 0 Å². The Labute approximate surface area is 108 Å². The summed E-state index contributed by atoms with van der Waals surface area (Å²) in [6.45, 7) is 7.80. The number of primary amides is 1. The second-order valence-corrected chi connectivity index (χ2v) is 4.81. The molecule has 0 saturated heterocycles. The molecule has 98 valence electrons. The van der Waals surface area contributed by atoms with Gasteiger partial charge in [-0.1, -0.05) is 12.1 Å². The first-order chi connectivity index (χ1) is 8.36. The highest BCUT2D eigenvalue weighted by molar-refractivity contribution is 6.06. The number of amides is 2. The van der Waals surface area contributed by atoms with Gasteiger partial charge in [0.15, 0.2) is 0 Å². The van der Waals surface area contributed by atoms with Gasteiger partial charge < -0.3 is 10.6 Å². The summed E-state index contributed by atoms with van der Waals surface area (Å²) in [5.41, 5.74) is 5.94. The van der Waals surface area contributed by atoms with Crippen LogP contribution in [0.5, 0.6) is 0 Å². The summed E-state index contributed by atoms with van der Waals surface area (Å²) < 4.78 is 0. The fourth-order valence-corrected chi connectivity index (χ4v) is 2.09. The SMILES string of the molecule is CC(C)N(C(=O)c1ccccc1C(N)=O)C(C)C. The molecule has 0 aromatic heterocycles. The third-order valence-corrected chi connectivity index (χ3v) is 2.77. The highest BCUT2D eigenvalue weighted by atomic mass is 16.2. The van der Waals surface area contributed by atoms with Crippen molar-refractivity contribution < 1.29 is 9.59 Å². The zero-order chi connectivity index (χ0) is 13.9. The van der Waals surface area contributed by atoms with Crippen LogP contribution in [0.2, 0.25) is 0 Å². The summed E-state index contributed by atoms with van der Waals surface area (Å²) in [7, 11) is 0. The molecular formula is C14H20N2O2. The quantitative estimate of drug-likeness (QED) is 0.886. The Bertz CT molecular complexity index is 445. The van der Waals surface area contributed by atoms with Crippen LogP contribution in [0.25, 0.3) is 0 Å². The van der Waals surface area contributed by atoms with E-state index in [0.717, 1.165) is 0 Å². The third kappa shape index (κ3) is 2.88. The van der Waals surface area contributed by atoms with Crippen molar-refractivity contribution >= 4 is 11.8 Å². The van der Waals surface area contributed by atoms with Crippen LogP contribution >= 0.6 is 0 Å². The normalized spacial score (nSPS) is 10.8. The largest absolute Gasteiger partial charge is 0.366 e. The summed E-state index contributed by atoms with van der Waals surface area (Å²) in [6.07, 6.45) is 0. The molecule has 0 fully saturated rings. The van der Waals surface area contributed by atoms with E-state index in [4.69, 9.17) is 5.73 Å². The smallest absolute Gasteiger partial charge is 0.255 e. The van der Waals surface area contributed by atoms with Gasteiger partial charge in [-0.3, -0.25) is 9.59 Å². The number of nitrogens with zero attached hydrogens (tertiary/aromatic N) is 1. The first-order valence-electron chi connectivity index (χ1n) is 6.07. The lowest BCUT2D eigenvalue weighted by molar-refractivity contribution is 0.0640. The summed E-state index contributed by atoms with van der Waals surface area (Å²) in [5.74, 6) is -0.735. The Hall–Kier alpha value is -1.84. The zero-order valence-corrected chi connectivity index (χ0v) is 11.3. The van der Waals surface area contributed by atoms with Gasteiger partial charge in [0.2, 0.25) is 5.91 Å². The monoisotopic (exact) mass is 248 g/mol. The van der Waals surface area contributed by atoms with E-state index in [-0.39, 0.29) is 23.6 Å². The van der Waals surface area contributed by atoms with Crippen molar-refractivity contribution in [2.24, 2.45) is 5.73 Å². The van der Waals surface area contributed by atoms with Crippen LogP contribution in [0.4, 0.5) is 0 Å². The van der Waals surface area contributed by atoms with E-state index in [1.807, 2.05) is 27.7 Å². The first kappa shape index (κ1) is 14.2. The molecule has 0 spiro atoms. The second kappa shape index (κ2) is 5.67. The van der Waals surface area contributed by atoms with E-state index < -0.39 is 5.91 Å². The zero-order valence-electron chi connectivity index (χ0n) is 11.3. The molecular weight excluding hydrogens is 228 g/mol. The van der Waals surface area contributed by atoms with Crippen molar-refractivity contribution in [3.63, 3.8) is 0 Å². The highest BCUT2D eigenvalue weighted by Crippen LogP contribution is 2.15. The molecule has 0 aliphatic carbocycles. The average Bonchev–Trinajstić information content (AvgIpc) is 2.27. The molecule has 2 N–H and O–H groups in total. The summed E-state index contributed by atoms with van der Waals surface area (Å²) >= 11 is 0. The molecule has 0 saturated carbocycles. The van der Waals surface area contributed by atoms with Crippen LogP contribution in [0.3, 0.4) is 0 Å². The molecule has 0 aliphatic rings. The molecule has 1 aromatic carbocycles. The van der Waals surface area contributed by atoms with Gasteiger partial charge in [-0.2, -0.15) is 0 Å². The molecule has 1 rings (SSSR count). The Morgan fingerprint density at radius 2 is 1.44 bits per heavy atom. The maximum absolute atomic E-state index is 12.5. The van der Waals surface area contributed by atoms with Crippen molar-refractivity contribution in [3.8, 4) is 0 Å². The van der Waals surface area contributed by atoms with Gasteiger partial charge in [0, 0.05) is 12.1 Å². The van der Waals surface area contributed by atoms with Gasteiger partial charge in [0.05, 0.1) is 11.1 Å².